The van der Waals surface area contributed by atoms with E-state index in [1.807, 2.05) is 4.90 Å². The van der Waals surface area contributed by atoms with Gasteiger partial charge in [0.2, 0.25) is 11.0 Å². The van der Waals surface area contributed by atoms with E-state index in [1.165, 1.54) is 29.0 Å². The highest BCUT2D eigenvalue weighted by molar-refractivity contribution is 7.15. The molecule has 0 bridgehead atoms. The first kappa shape index (κ1) is 15.3. The standard InChI is InChI=1S/C19H22N4OS/c24-18(22-9-7-13-3-1-2-4-15(13)11-22)16-8-10-23(12-16)19-21-20-17(25-19)14-5-6-14/h1-4,14,16H,5-12H2. The van der Waals surface area contributed by atoms with Gasteiger partial charge in [-0.15, -0.1) is 10.2 Å². The number of carbonyl (C=O) groups excluding carboxylic acids is 1. The first-order chi connectivity index (χ1) is 12.3. The van der Waals surface area contributed by atoms with E-state index in [0.717, 1.165) is 44.2 Å². The molecule has 2 aliphatic heterocycles. The number of hydrogen-bond acceptors (Lipinski definition) is 5. The number of benzene rings is 1. The molecule has 1 unspecified atom stereocenters. The minimum Gasteiger partial charge on any atom is -0.346 e. The van der Waals surface area contributed by atoms with Crippen molar-refractivity contribution >= 4 is 22.4 Å². The number of aromatic nitrogens is 2. The van der Waals surface area contributed by atoms with Crippen LogP contribution in [0.3, 0.4) is 0 Å². The van der Waals surface area contributed by atoms with Crippen molar-refractivity contribution in [2.45, 2.75) is 38.1 Å². The average Bonchev–Trinajstić information content (AvgIpc) is 3.19. The maximum absolute atomic E-state index is 13.0. The Bertz CT molecular complexity index is 800. The number of rotatable bonds is 3. The topological polar surface area (TPSA) is 49.3 Å². The van der Waals surface area contributed by atoms with Crippen molar-refractivity contribution in [3.63, 3.8) is 0 Å². The van der Waals surface area contributed by atoms with Crippen LogP contribution in [0.2, 0.25) is 0 Å². The van der Waals surface area contributed by atoms with E-state index >= 15 is 0 Å². The van der Waals surface area contributed by atoms with Gasteiger partial charge in [0.15, 0.2) is 0 Å². The Labute approximate surface area is 151 Å². The molecule has 6 heteroatoms. The molecule has 5 rings (SSSR count). The second kappa shape index (κ2) is 6.09. The number of carbonyl (C=O) groups is 1. The van der Waals surface area contributed by atoms with Gasteiger partial charge in [-0.3, -0.25) is 4.79 Å². The molecule has 0 radical (unpaired) electrons. The summed E-state index contributed by atoms with van der Waals surface area (Å²) in [5, 5.41) is 10.9. The number of nitrogens with zero attached hydrogens (tertiary/aromatic N) is 4. The van der Waals surface area contributed by atoms with Gasteiger partial charge in [-0.25, -0.2) is 0 Å². The third kappa shape index (κ3) is 2.92. The third-order valence-electron chi connectivity index (χ3n) is 5.61. The van der Waals surface area contributed by atoms with Gasteiger partial charge in [-0.2, -0.15) is 0 Å². The van der Waals surface area contributed by atoms with Crippen molar-refractivity contribution < 1.29 is 4.79 Å². The minimum absolute atomic E-state index is 0.0959. The van der Waals surface area contributed by atoms with Crippen LogP contribution in [-0.2, 0) is 17.8 Å². The van der Waals surface area contributed by atoms with E-state index in [9.17, 15) is 4.79 Å². The normalized spacial score (nSPS) is 23.0. The van der Waals surface area contributed by atoms with E-state index in [0.29, 0.717) is 11.8 Å². The summed E-state index contributed by atoms with van der Waals surface area (Å²) in [7, 11) is 0. The molecule has 1 saturated heterocycles. The second-order valence-corrected chi connectivity index (χ2v) is 8.39. The summed E-state index contributed by atoms with van der Waals surface area (Å²) in [6.07, 6.45) is 4.41. The molecule has 1 atom stereocenters. The average molecular weight is 354 g/mol. The third-order valence-corrected chi connectivity index (χ3v) is 6.75. The molecule has 1 aromatic carbocycles. The summed E-state index contributed by atoms with van der Waals surface area (Å²) >= 11 is 1.72. The maximum atomic E-state index is 13.0. The molecule has 2 fully saturated rings. The molecule has 1 amide bonds. The lowest BCUT2D eigenvalue weighted by Gasteiger charge is -2.30. The molecule has 25 heavy (non-hydrogen) atoms. The van der Waals surface area contributed by atoms with Gasteiger partial charge in [-0.1, -0.05) is 35.6 Å². The number of hydrogen-bond donors (Lipinski definition) is 0. The Hall–Kier alpha value is -1.95. The van der Waals surface area contributed by atoms with Crippen molar-refractivity contribution in [2.24, 2.45) is 5.92 Å². The fourth-order valence-corrected chi connectivity index (χ4v) is 4.97. The molecule has 1 aliphatic carbocycles. The highest BCUT2D eigenvalue weighted by Crippen LogP contribution is 2.43. The molecule has 0 spiro atoms. The summed E-state index contributed by atoms with van der Waals surface area (Å²) in [5.74, 6) is 1.06. The van der Waals surface area contributed by atoms with Crippen LogP contribution in [0.25, 0.3) is 0 Å². The van der Waals surface area contributed by atoms with Crippen LogP contribution in [0.15, 0.2) is 24.3 Å². The quantitative estimate of drug-likeness (QED) is 0.850. The first-order valence-electron chi connectivity index (χ1n) is 9.22. The lowest BCUT2D eigenvalue weighted by Crippen LogP contribution is -2.40. The number of fused-ring (bicyclic) bond motifs is 1. The SMILES string of the molecule is O=C(C1CCN(c2nnc(C3CC3)s2)C1)N1CCc2ccccc2C1. The monoisotopic (exact) mass is 354 g/mol. The molecule has 3 heterocycles. The Balaban J connectivity index is 1.24. The van der Waals surface area contributed by atoms with Gasteiger partial charge in [0.05, 0.1) is 5.92 Å². The van der Waals surface area contributed by atoms with Gasteiger partial charge < -0.3 is 9.80 Å². The summed E-state index contributed by atoms with van der Waals surface area (Å²) in [5.41, 5.74) is 2.69. The smallest absolute Gasteiger partial charge is 0.227 e. The Morgan fingerprint density at radius 1 is 1.08 bits per heavy atom. The van der Waals surface area contributed by atoms with Crippen molar-refractivity contribution in [3.05, 3.63) is 40.4 Å². The van der Waals surface area contributed by atoms with E-state index in [1.54, 1.807) is 11.3 Å². The summed E-state index contributed by atoms with van der Waals surface area (Å²) in [4.78, 5) is 17.3. The van der Waals surface area contributed by atoms with Crippen LogP contribution >= 0.6 is 11.3 Å². The van der Waals surface area contributed by atoms with Gasteiger partial charge in [0.1, 0.15) is 5.01 Å². The van der Waals surface area contributed by atoms with Crippen molar-refractivity contribution in [1.29, 1.82) is 0 Å². The zero-order valence-electron chi connectivity index (χ0n) is 14.2. The highest BCUT2D eigenvalue weighted by atomic mass is 32.1. The van der Waals surface area contributed by atoms with E-state index in [-0.39, 0.29) is 5.92 Å². The van der Waals surface area contributed by atoms with Gasteiger partial charge in [0.25, 0.3) is 0 Å². The molecule has 5 nitrogen and oxygen atoms in total. The maximum Gasteiger partial charge on any atom is 0.227 e. The predicted molar refractivity (Wildman–Crippen MR) is 97.8 cm³/mol. The lowest BCUT2D eigenvalue weighted by molar-refractivity contribution is -0.135. The Kier molecular flexibility index (Phi) is 3.73. The molecule has 2 aromatic rings. The fourth-order valence-electron chi connectivity index (χ4n) is 3.93. The molecule has 3 aliphatic rings. The van der Waals surface area contributed by atoms with Crippen LogP contribution in [0.4, 0.5) is 5.13 Å². The largest absolute Gasteiger partial charge is 0.346 e. The minimum atomic E-state index is 0.0959. The summed E-state index contributed by atoms with van der Waals surface area (Å²) in [6.45, 7) is 3.31. The van der Waals surface area contributed by atoms with Crippen molar-refractivity contribution in [1.82, 2.24) is 15.1 Å². The summed E-state index contributed by atoms with van der Waals surface area (Å²) < 4.78 is 0. The van der Waals surface area contributed by atoms with Crippen LogP contribution in [-0.4, -0.2) is 40.6 Å². The van der Waals surface area contributed by atoms with Gasteiger partial charge >= 0.3 is 0 Å². The van der Waals surface area contributed by atoms with Crippen LogP contribution in [0.1, 0.15) is 41.3 Å². The Morgan fingerprint density at radius 2 is 1.92 bits per heavy atom. The number of anilines is 1. The van der Waals surface area contributed by atoms with E-state index in [4.69, 9.17) is 0 Å². The molecule has 1 aromatic heterocycles. The highest BCUT2D eigenvalue weighted by Gasteiger charge is 2.35. The van der Waals surface area contributed by atoms with E-state index in [2.05, 4.69) is 39.4 Å². The molecular weight excluding hydrogens is 332 g/mol. The van der Waals surface area contributed by atoms with E-state index < -0.39 is 0 Å². The lowest BCUT2D eigenvalue weighted by atomic mass is 9.98. The van der Waals surface area contributed by atoms with Crippen molar-refractivity contribution in [2.75, 3.05) is 24.5 Å². The van der Waals surface area contributed by atoms with Gasteiger partial charge in [0, 0.05) is 32.1 Å². The zero-order valence-corrected chi connectivity index (χ0v) is 15.0. The zero-order chi connectivity index (χ0) is 16.8. The first-order valence-corrected chi connectivity index (χ1v) is 10.0. The molecule has 1 saturated carbocycles. The van der Waals surface area contributed by atoms with Crippen molar-refractivity contribution in [3.8, 4) is 0 Å². The molecular formula is C19H22N4OS. The summed E-state index contributed by atoms with van der Waals surface area (Å²) in [6, 6.07) is 8.48. The predicted octanol–water partition coefficient (Wildman–Crippen LogP) is 2.83. The Morgan fingerprint density at radius 3 is 2.76 bits per heavy atom. The molecule has 130 valence electrons. The van der Waals surface area contributed by atoms with Gasteiger partial charge in [-0.05, 0) is 36.8 Å². The van der Waals surface area contributed by atoms with Crippen LogP contribution in [0.5, 0.6) is 0 Å². The van der Waals surface area contributed by atoms with Crippen LogP contribution < -0.4 is 4.90 Å². The second-order valence-electron chi connectivity index (χ2n) is 7.41. The fraction of sp³-hybridized carbons (Fsp3) is 0.526. The molecule has 0 N–H and O–H groups in total. The number of amides is 1. The van der Waals surface area contributed by atoms with Crippen LogP contribution in [0, 0.1) is 5.92 Å².